The Morgan fingerprint density at radius 3 is 2.48 bits per heavy atom. The summed E-state index contributed by atoms with van der Waals surface area (Å²) >= 11 is 5.84. The molecule has 4 nitrogen and oxygen atoms in total. The van der Waals surface area contributed by atoms with E-state index < -0.39 is 0 Å². The highest BCUT2D eigenvalue weighted by molar-refractivity contribution is 6.30. The van der Waals surface area contributed by atoms with E-state index in [4.69, 9.17) is 22.1 Å². The zero-order chi connectivity index (χ0) is 15.4. The van der Waals surface area contributed by atoms with Crippen LogP contribution in [0.15, 0.2) is 42.5 Å². The third kappa shape index (κ3) is 3.67. The molecule has 2 aromatic carbocycles. The quantitative estimate of drug-likeness (QED) is 0.874. The lowest BCUT2D eigenvalue weighted by atomic mass is 10.2. The van der Waals surface area contributed by atoms with E-state index in [-0.39, 0.29) is 5.91 Å². The Kier molecular flexibility index (Phi) is 4.70. The van der Waals surface area contributed by atoms with Gasteiger partial charge in [0.15, 0.2) is 0 Å². The van der Waals surface area contributed by atoms with Crippen molar-refractivity contribution >= 4 is 23.2 Å². The Morgan fingerprint density at radius 1 is 1.24 bits per heavy atom. The molecule has 2 N–H and O–H groups in total. The highest BCUT2D eigenvalue weighted by Crippen LogP contribution is 2.29. The second kappa shape index (κ2) is 6.50. The van der Waals surface area contributed by atoms with Gasteiger partial charge in [0.25, 0.3) is 5.91 Å². The third-order valence-corrected chi connectivity index (χ3v) is 3.36. The van der Waals surface area contributed by atoms with Crippen LogP contribution in [0.25, 0.3) is 0 Å². The minimum atomic E-state index is -0.0185. The largest absolute Gasteiger partial charge is 0.455 e. The average Bonchev–Trinajstić information content (AvgIpc) is 2.49. The number of nitrogens with zero attached hydrogens (tertiary/aromatic N) is 1. The van der Waals surface area contributed by atoms with Crippen molar-refractivity contribution < 1.29 is 9.53 Å². The molecule has 2 rings (SSSR count). The zero-order valence-corrected chi connectivity index (χ0v) is 12.7. The standard InChI is InChI=1S/C16H17ClN2O2/c1-3-19(2)16(20)11-4-7-13(8-5-11)21-15-9-6-12(17)10-14(15)18/h4-10H,3,18H2,1-2H3. The van der Waals surface area contributed by atoms with Crippen LogP contribution >= 0.6 is 11.6 Å². The Hall–Kier alpha value is -2.20. The number of anilines is 1. The lowest BCUT2D eigenvalue weighted by Crippen LogP contribution is -2.26. The van der Waals surface area contributed by atoms with Crippen molar-refractivity contribution in [1.82, 2.24) is 4.90 Å². The molecule has 0 radical (unpaired) electrons. The number of carbonyl (C=O) groups excluding carboxylic acids is 1. The van der Waals surface area contributed by atoms with Gasteiger partial charge in [-0.05, 0) is 49.4 Å². The van der Waals surface area contributed by atoms with Crippen molar-refractivity contribution in [3.8, 4) is 11.5 Å². The van der Waals surface area contributed by atoms with Gasteiger partial charge in [-0.1, -0.05) is 11.6 Å². The first-order valence-corrected chi connectivity index (χ1v) is 6.97. The van der Waals surface area contributed by atoms with Crippen LogP contribution in [0.5, 0.6) is 11.5 Å². The number of nitrogen functional groups attached to an aromatic ring is 1. The van der Waals surface area contributed by atoms with E-state index in [1.807, 2.05) is 6.92 Å². The molecule has 0 saturated carbocycles. The number of nitrogens with two attached hydrogens (primary N) is 1. The van der Waals surface area contributed by atoms with Crippen molar-refractivity contribution in [2.24, 2.45) is 0 Å². The van der Waals surface area contributed by atoms with E-state index in [1.165, 1.54) is 0 Å². The number of halogens is 1. The van der Waals surface area contributed by atoms with Gasteiger partial charge in [-0.15, -0.1) is 0 Å². The summed E-state index contributed by atoms with van der Waals surface area (Å²) in [5.41, 5.74) is 6.92. The maximum atomic E-state index is 12.0. The van der Waals surface area contributed by atoms with Crippen LogP contribution in [0, 0.1) is 0 Å². The molecule has 0 saturated heterocycles. The Morgan fingerprint density at radius 2 is 1.90 bits per heavy atom. The lowest BCUT2D eigenvalue weighted by molar-refractivity contribution is 0.0802. The van der Waals surface area contributed by atoms with Crippen LogP contribution in [0.1, 0.15) is 17.3 Å². The van der Waals surface area contributed by atoms with Crippen LogP contribution in [-0.4, -0.2) is 24.4 Å². The van der Waals surface area contributed by atoms with E-state index in [0.717, 1.165) is 0 Å². The summed E-state index contributed by atoms with van der Waals surface area (Å²) in [4.78, 5) is 13.6. The van der Waals surface area contributed by atoms with Crippen LogP contribution in [0.2, 0.25) is 5.02 Å². The Bertz CT molecular complexity index is 641. The smallest absolute Gasteiger partial charge is 0.253 e. The second-order valence-electron chi connectivity index (χ2n) is 4.63. The molecule has 2 aromatic rings. The van der Waals surface area contributed by atoms with Gasteiger partial charge >= 0.3 is 0 Å². The summed E-state index contributed by atoms with van der Waals surface area (Å²) in [7, 11) is 1.77. The summed E-state index contributed by atoms with van der Waals surface area (Å²) in [6.07, 6.45) is 0. The number of carbonyl (C=O) groups is 1. The van der Waals surface area contributed by atoms with Gasteiger partial charge in [0, 0.05) is 24.2 Å². The molecule has 0 heterocycles. The summed E-state index contributed by atoms with van der Waals surface area (Å²) in [5.74, 6) is 1.12. The summed E-state index contributed by atoms with van der Waals surface area (Å²) < 4.78 is 5.68. The van der Waals surface area contributed by atoms with Crippen molar-refractivity contribution in [3.05, 3.63) is 53.1 Å². The number of ether oxygens (including phenoxy) is 1. The zero-order valence-electron chi connectivity index (χ0n) is 12.0. The third-order valence-electron chi connectivity index (χ3n) is 3.12. The minimum absolute atomic E-state index is 0.0185. The summed E-state index contributed by atoms with van der Waals surface area (Å²) in [6.45, 7) is 2.59. The molecule has 1 amide bonds. The molecular weight excluding hydrogens is 288 g/mol. The average molecular weight is 305 g/mol. The van der Waals surface area contributed by atoms with Crippen LogP contribution < -0.4 is 10.5 Å². The predicted molar refractivity (Wildman–Crippen MR) is 85.0 cm³/mol. The summed E-state index contributed by atoms with van der Waals surface area (Å²) in [5, 5.41) is 0.559. The number of benzene rings is 2. The van der Waals surface area contributed by atoms with Gasteiger partial charge in [0.1, 0.15) is 11.5 Å². The van der Waals surface area contributed by atoms with Crippen molar-refractivity contribution in [3.63, 3.8) is 0 Å². The number of rotatable bonds is 4. The molecular formula is C16H17ClN2O2. The molecule has 0 bridgehead atoms. The van der Waals surface area contributed by atoms with E-state index in [2.05, 4.69) is 0 Å². The first kappa shape index (κ1) is 15.2. The number of hydrogen-bond donors (Lipinski definition) is 1. The molecule has 0 aromatic heterocycles. The summed E-state index contributed by atoms with van der Waals surface area (Å²) in [6, 6.07) is 12.0. The predicted octanol–water partition coefficient (Wildman–Crippen LogP) is 3.81. The Balaban J connectivity index is 2.14. The van der Waals surface area contributed by atoms with Gasteiger partial charge in [0.2, 0.25) is 0 Å². The molecule has 0 atom stereocenters. The molecule has 110 valence electrons. The molecule has 0 unspecified atom stereocenters. The number of hydrogen-bond acceptors (Lipinski definition) is 3. The van der Waals surface area contributed by atoms with Crippen molar-refractivity contribution in [1.29, 1.82) is 0 Å². The molecule has 21 heavy (non-hydrogen) atoms. The topological polar surface area (TPSA) is 55.6 Å². The van der Waals surface area contributed by atoms with E-state index in [0.29, 0.717) is 34.3 Å². The van der Waals surface area contributed by atoms with Gasteiger partial charge in [-0.25, -0.2) is 0 Å². The fourth-order valence-corrected chi connectivity index (χ4v) is 1.95. The van der Waals surface area contributed by atoms with Gasteiger partial charge in [-0.2, -0.15) is 0 Å². The van der Waals surface area contributed by atoms with E-state index in [9.17, 15) is 4.79 Å². The van der Waals surface area contributed by atoms with Crippen molar-refractivity contribution in [2.75, 3.05) is 19.3 Å². The van der Waals surface area contributed by atoms with Gasteiger partial charge in [0.05, 0.1) is 5.69 Å². The van der Waals surface area contributed by atoms with Crippen LogP contribution in [-0.2, 0) is 0 Å². The fourth-order valence-electron chi connectivity index (χ4n) is 1.77. The maximum Gasteiger partial charge on any atom is 0.253 e. The number of amides is 1. The van der Waals surface area contributed by atoms with Crippen LogP contribution in [0.4, 0.5) is 5.69 Å². The Labute approximate surface area is 129 Å². The molecule has 0 spiro atoms. The first-order valence-electron chi connectivity index (χ1n) is 6.59. The fraction of sp³-hybridized carbons (Fsp3) is 0.188. The normalized spacial score (nSPS) is 10.2. The molecule has 0 aliphatic heterocycles. The molecule has 0 aliphatic rings. The lowest BCUT2D eigenvalue weighted by Gasteiger charge is -2.14. The second-order valence-corrected chi connectivity index (χ2v) is 5.06. The van der Waals surface area contributed by atoms with Gasteiger partial charge < -0.3 is 15.4 Å². The maximum absolute atomic E-state index is 12.0. The SMILES string of the molecule is CCN(C)C(=O)c1ccc(Oc2ccc(Cl)cc2N)cc1. The highest BCUT2D eigenvalue weighted by atomic mass is 35.5. The van der Waals surface area contributed by atoms with Crippen LogP contribution in [0.3, 0.4) is 0 Å². The van der Waals surface area contributed by atoms with E-state index in [1.54, 1.807) is 54.4 Å². The van der Waals surface area contributed by atoms with Gasteiger partial charge in [-0.3, -0.25) is 4.79 Å². The molecule has 5 heteroatoms. The van der Waals surface area contributed by atoms with Crippen molar-refractivity contribution in [2.45, 2.75) is 6.92 Å². The molecule has 0 fully saturated rings. The van der Waals surface area contributed by atoms with E-state index >= 15 is 0 Å². The molecule has 0 aliphatic carbocycles. The monoisotopic (exact) mass is 304 g/mol. The minimum Gasteiger partial charge on any atom is -0.455 e. The first-order chi connectivity index (χ1) is 10.0. The highest BCUT2D eigenvalue weighted by Gasteiger charge is 2.10.